The molecule has 6 nitrogen and oxygen atoms in total. The van der Waals surface area contributed by atoms with Crippen molar-refractivity contribution in [2.75, 3.05) is 0 Å². The van der Waals surface area contributed by atoms with Crippen molar-refractivity contribution in [2.24, 2.45) is 0 Å². The van der Waals surface area contributed by atoms with Crippen molar-refractivity contribution in [3.63, 3.8) is 0 Å². The third-order valence-electron chi connectivity index (χ3n) is 2.25. The molecule has 0 bridgehead atoms. The number of carbonyl (C=O) groups excluding carboxylic acids is 3. The standard InChI is InChI=1S/C10H12N2O4/c1-5-9(6(2)13)12(8(4)15)10(16)11(5)7(3)14/h1-4H3. The summed E-state index contributed by atoms with van der Waals surface area (Å²) >= 11 is 0. The summed E-state index contributed by atoms with van der Waals surface area (Å²) in [5.41, 5.74) is -0.629. The van der Waals surface area contributed by atoms with E-state index in [1.807, 2.05) is 0 Å². The van der Waals surface area contributed by atoms with Gasteiger partial charge in [-0.3, -0.25) is 14.4 Å². The molecule has 6 heteroatoms. The van der Waals surface area contributed by atoms with Gasteiger partial charge < -0.3 is 0 Å². The molecule has 1 rings (SSSR count). The first-order chi connectivity index (χ1) is 7.29. The number of ketones is 1. The summed E-state index contributed by atoms with van der Waals surface area (Å²) < 4.78 is 1.54. The first kappa shape index (κ1) is 12.1. The highest BCUT2D eigenvalue weighted by atomic mass is 16.2. The Balaban J connectivity index is 3.81. The Morgan fingerprint density at radius 3 is 1.62 bits per heavy atom. The average Bonchev–Trinajstić information content (AvgIpc) is 2.36. The molecule has 0 aliphatic rings. The molecule has 1 heterocycles. The van der Waals surface area contributed by atoms with Crippen LogP contribution in [0.25, 0.3) is 0 Å². The zero-order valence-electron chi connectivity index (χ0n) is 9.53. The van der Waals surface area contributed by atoms with E-state index in [0.717, 1.165) is 16.1 Å². The molecule has 0 spiro atoms. The van der Waals surface area contributed by atoms with Crippen molar-refractivity contribution in [1.29, 1.82) is 0 Å². The lowest BCUT2D eigenvalue weighted by atomic mass is 10.2. The van der Waals surface area contributed by atoms with E-state index in [1.54, 1.807) is 0 Å². The normalized spacial score (nSPS) is 10.2. The number of hydrogen-bond acceptors (Lipinski definition) is 4. The minimum absolute atomic E-state index is 0.0345. The fourth-order valence-electron chi connectivity index (χ4n) is 1.68. The van der Waals surface area contributed by atoms with Gasteiger partial charge in [-0.2, -0.15) is 0 Å². The summed E-state index contributed by atoms with van der Waals surface area (Å²) in [6.45, 7) is 5.06. The van der Waals surface area contributed by atoms with Gasteiger partial charge in [0.05, 0.1) is 5.69 Å². The summed E-state index contributed by atoms with van der Waals surface area (Å²) in [5, 5.41) is 0. The van der Waals surface area contributed by atoms with Crippen LogP contribution in [0.3, 0.4) is 0 Å². The third-order valence-corrected chi connectivity index (χ3v) is 2.25. The molecule has 0 atom stereocenters. The van der Waals surface area contributed by atoms with Gasteiger partial charge in [0.25, 0.3) is 0 Å². The number of carbonyl (C=O) groups is 3. The van der Waals surface area contributed by atoms with E-state index in [2.05, 4.69) is 0 Å². The van der Waals surface area contributed by atoms with Crippen molar-refractivity contribution in [3.05, 3.63) is 21.9 Å². The second kappa shape index (κ2) is 3.88. The highest BCUT2D eigenvalue weighted by Gasteiger charge is 2.23. The Morgan fingerprint density at radius 1 is 0.938 bits per heavy atom. The van der Waals surface area contributed by atoms with Crippen molar-refractivity contribution in [3.8, 4) is 0 Å². The first-order valence-electron chi connectivity index (χ1n) is 4.66. The quantitative estimate of drug-likeness (QED) is 0.650. The zero-order valence-corrected chi connectivity index (χ0v) is 9.53. The summed E-state index contributed by atoms with van der Waals surface area (Å²) in [4.78, 5) is 45.6. The Morgan fingerprint density at radius 2 is 1.38 bits per heavy atom. The number of imidazole rings is 1. The number of aromatic nitrogens is 2. The van der Waals surface area contributed by atoms with E-state index in [9.17, 15) is 19.2 Å². The molecule has 86 valence electrons. The highest BCUT2D eigenvalue weighted by Crippen LogP contribution is 2.07. The van der Waals surface area contributed by atoms with E-state index in [1.165, 1.54) is 20.8 Å². The Hall–Kier alpha value is -1.98. The molecule has 16 heavy (non-hydrogen) atoms. The van der Waals surface area contributed by atoms with E-state index in [-0.39, 0.29) is 11.4 Å². The SMILES string of the molecule is CC(=O)c1c(C)n(C(C)=O)c(=O)n1C(C)=O. The van der Waals surface area contributed by atoms with Crippen LogP contribution in [0.5, 0.6) is 0 Å². The van der Waals surface area contributed by atoms with Crippen LogP contribution in [0.1, 0.15) is 46.5 Å². The largest absolute Gasteiger partial charge is 0.342 e. The van der Waals surface area contributed by atoms with E-state index >= 15 is 0 Å². The summed E-state index contributed by atoms with van der Waals surface area (Å²) in [6.07, 6.45) is 0. The fraction of sp³-hybridized carbons (Fsp3) is 0.400. The summed E-state index contributed by atoms with van der Waals surface area (Å²) in [6, 6.07) is 0. The maximum atomic E-state index is 11.7. The van der Waals surface area contributed by atoms with Gasteiger partial charge in [0, 0.05) is 20.8 Å². The Kier molecular flexibility index (Phi) is 2.93. The molecule has 0 amide bonds. The van der Waals surface area contributed by atoms with Crippen LogP contribution in [0, 0.1) is 6.92 Å². The van der Waals surface area contributed by atoms with Crippen molar-refractivity contribution in [1.82, 2.24) is 9.13 Å². The topological polar surface area (TPSA) is 78.1 Å². The predicted octanol–water partition coefficient (Wildman–Crippen LogP) is 0.481. The molecule has 0 N–H and O–H groups in total. The molecule has 0 aromatic carbocycles. The van der Waals surface area contributed by atoms with Crippen molar-refractivity contribution in [2.45, 2.75) is 27.7 Å². The molecular formula is C10H12N2O4. The van der Waals surface area contributed by atoms with Gasteiger partial charge in [-0.05, 0) is 6.92 Å². The molecule has 1 aromatic rings. The molecule has 0 aliphatic carbocycles. The summed E-state index contributed by atoms with van der Waals surface area (Å²) in [5.74, 6) is -1.53. The van der Waals surface area contributed by atoms with Crippen LogP contribution in [0.15, 0.2) is 4.79 Å². The smallest absolute Gasteiger partial charge is 0.293 e. The Labute approximate surface area is 91.5 Å². The van der Waals surface area contributed by atoms with Crippen LogP contribution < -0.4 is 5.69 Å². The van der Waals surface area contributed by atoms with Gasteiger partial charge in [-0.1, -0.05) is 0 Å². The maximum absolute atomic E-state index is 11.7. The van der Waals surface area contributed by atoms with Gasteiger partial charge in [0.1, 0.15) is 5.69 Å². The number of nitrogens with zero attached hydrogens (tertiary/aromatic N) is 2. The molecule has 0 aliphatic heterocycles. The zero-order chi connectivity index (χ0) is 12.6. The average molecular weight is 224 g/mol. The van der Waals surface area contributed by atoms with Crippen molar-refractivity contribution >= 4 is 17.6 Å². The van der Waals surface area contributed by atoms with Crippen molar-refractivity contribution < 1.29 is 14.4 Å². The molecule has 0 radical (unpaired) electrons. The summed E-state index contributed by atoms with van der Waals surface area (Å²) in [7, 11) is 0. The first-order valence-corrected chi connectivity index (χ1v) is 4.66. The fourth-order valence-corrected chi connectivity index (χ4v) is 1.68. The molecular weight excluding hydrogens is 212 g/mol. The van der Waals surface area contributed by atoms with Crippen LogP contribution in [-0.2, 0) is 0 Å². The lowest BCUT2D eigenvalue weighted by Gasteiger charge is -1.99. The molecule has 0 fully saturated rings. The van der Waals surface area contributed by atoms with Gasteiger partial charge in [0.2, 0.25) is 11.8 Å². The maximum Gasteiger partial charge on any atom is 0.342 e. The van der Waals surface area contributed by atoms with Crippen LogP contribution in [0.2, 0.25) is 0 Å². The van der Waals surface area contributed by atoms with Gasteiger partial charge in [-0.25, -0.2) is 13.9 Å². The Bertz CT molecular complexity index is 548. The second-order valence-corrected chi connectivity index (χ2v) is 3.48. The predicted molar refractivity (Wildman–Crippen MR) is 56.0 cm³/mol. The van der Waals surface area contributed by atoms with E-state index in [0.29, 0.717) is 0 Å². The van der Waals surface area contributed by atoms with Gasteiger partial charge in [0.15, 0.2) is 5.78 Å². The van der Waals surface area contributed by atoms with Gasteiger partial charge in [-0.15, -0.1) is 0 Å². The molecule has 1 aromatic heterocycles. The molecule has 0 saturated carbocycles. The molecule has 0 unspecified atom stereocenters. The number of Topliss-reactive ketones (excluding diaryl/α,β-unsaturated/α-hetero) is 1. The van der Waals surface area contributed by atoms with Crippen LogP contribution in [-0.4, -0.2) is 26.7 Å². The van der Waals surface area contributed by atoms with Crippen LogP contribution >= 0.6 is 0 Å². The minimum Gasteiger partial charge on any atom is -0.293 e. The lowest BCUT2D eigenvalue weighted by Crippen LogP contribution is -2.31. The minimum atomic E-state index is -0.789. The van der Waals surface area contributed by atoms with E-state index < -0.39 is 23.3 Å². The molecule has 0 saturated heterocycles. The lowest BCUT2D eigenvalue weighted by molar-refractivity contribution is 0.0901. The van der Waals surface area contributed by atoms with Gasteiger partial charge >= 0.3 is 5.69 Å². The highest BCUT2D eigenvalue weighted by molar-refractivity contribution is 5.98. The van der Waals surface area contributed by atoms with E-state index in [4.69, 9.17) is 0 Å². The monoisotopic (exact) mass is 224 g/mol. The van der Waals surface area contributed by atoms with Crippen LogP contribution in [0.4, 0.5) is 0 Å². The third kappa shape index (κ3) is 1.62. The number of hydrogen-bond donors (Lipinski definition) is 0. The second-order valence-electron chi connectivity index (χ2n) is 3.48. The number of rotatable bonds is 1.